The van der Waals surface area contributed by atoms with E-state index < -0.39 is 4.92 Å². The fourth-order valence-electron chi connectivity index (χ4n) is 1.21. The van der Waals surface area contributed by atoms with Crippen LogP contribution in [0.4, 0.5) is 5.69 Å². The van der Waals surface area contributed by atoms with E-state index in [1.807, 2.05) is 0 Å². The molecule has 0 spiro atoms. The highest BCUT2D eigenvalue weighted by atomic mass is 16.6. The van der Waals surface area contributed by atoms with Crippen molar-refractivity contribution in [1.29, 1.82) is 5.26 Å². The molecule has 0 aliphatic rings. The summed E-state index contributed by atoms with van der Waals surface area (Å²) >= 11 is 0. The lowest BCUT2D eigenvalue weighted by molar-refractivity contribution is -0.385. The lowest BCUT2D eigenvalue weighted by Crippen LogP contribution is -2.03. The number of pyridine rings is 1. The minimum absolute atomic E-state index is 0.0917. The summed E-state index contributed by atoms with van der Waals surface area (Å²) in [5.74, 6) is 0.0917. The second-order valence-electron chi connectivity index (χ2n) is 2.89. The molecule has 7 nitrogen and oxygen atoms in total. The SMILES string of the molecule is N#Cc1cnc(-n2cccn2)c([N+](=O)[O-])c1. The zero-order chi connectivity index (χ0) is 11.5. The fourth-order valence-corrected chi connectivity index (χ4v) is 1.21. The lowest BCUT2D eigenvalue weighted by atomic mass is 10.3. The molecule has 2 aromatic heterocycles. The predicted octanol–water partition coefficient (Wildman–Crippen LogP) is 1.05. The molecule has 0 saturated carbocycles. The van der Waals surface area contributed by atoms with Crippen molar-refractivity contribution < 1.29 is 4.92 Å². The molecule has 0 bridgehead atoms. The maximum atomic E-state index is 10.8. The Balaban J connectivity index is 2.63. The predicted molar refractivity (Wildman–Crippen MR) is 52.7 cm³/mol. The number of nitro groups is 1. The van der Waals surface area contributed by atoms with Crippen molar-refractivity contribution in [2.24, 2.45) is 0 Å². The highest BCUT2D eigenvalue weighted by Gasteiger charge is 2.18. The van der Waals surface area contributed by atoms with Gasteiger partial charge in [-0.15, -0.1) is 0 Å². The summed E-state index contributed by atoms with van der Waals surface area (Å²) in [7, 11) is 0. The first kappa shape index (κ1) is 9.79. The van der Waals surface area contributed by atoms with Crippen LogP contribution in [0.2, 0.25) is 0 Å². The number of hydrogen-bond donors (Lipinski definition) is 0. The van der Waals surface area contributed by atoms with Gasteiger partial charge in [-0.05, 0) is 6.07 Å². The Labute approximate surface area is 89.7 Å². The average molecular weight is 215 g/mol. The van der Waals surface area contributed by atoms with Gasteiger partial charge in [0.2, 0.25) is 5.82 Å². The van der Waals surface area contributed by atoms with E-state index in [9.17, 15) is 10.1 Å². The minimum atomic E-state index is -0.592. The summed E-state index contributed by atoms with van der Waals surface area (Å²) in [6.45, 7) is 0. The van der Waals surface area contributed by atoms with Gasteiger partial charge in [-0.3, -0.25) is 10.1 Å². The Bertz CT molecular complexity index is 570. The minimum Gasteiger partial charge on any atom is -0.258 e. The summed E-state index contributed by atoms with van der Waals surface area (Å²) in [5, 5.41) is 23.3. The molecule has 0 atom stereocenters. The molecule has 0 N–H and O–H groups in total. The maximum absolute atomic E-state index is 10.8. The highest BCUT2D eigenvalue weighted by molar-refractivity contribution is 5.50. The highest BCUT2D eigenvalue weighted by Crippen LogP contribution is 2.20. The van der Waals surface area contributed by atoms with E-state index in [2.05, 4.69) is 10.1 Å². The van der Waals surface area contributed by atoms with Crippen LogP contribution in [-0.2, 0) is 0 Å². The number of nitriles is 1. The molecule has 2 aromatic rings. The van der Waals surface area contributed by atoms with Crippen LogP contribution in [0.1, 0.15) is 5.56 Å². The topological polar surface area (TPSA) is 97.6 Å². The summed E-state index contributed by atoms with van der Waals surface area (Å²) in [6, 6.07) is 4.60. The van der Waals surface area contributed by atoms with Crippen LogP contribution < -0.4 is 0 Å². The molecule has 7 heteroatoms. The lowest BCUT2D eigenvalue weighted by Gasteiger charge is -2.01. The Morgan fingerprint density at radius 1 is 1.56 bits per heavy atom. The maximum Gasteiger partial charge on any atom is 0.315 e. The second-order valence-corrected chi connectivity index (χ2v) is 2.89. The quantitative estimate of drug-likeness (QED) is 0.550. The molecule has 0 aliphatic heterocycles. The standard InChI is InChI=1S/C9H5N5O2/c10-5-7-4-8(14(15)16)9(11-6-7)13-3-1-2-12-13/h1-4,6H. The molecule has 0 fully saturated rings. The molecule has 0 radical (unpaired) electrons. The van der Waals surface area contributed by atoms with E-state index >= 15 is 0 Å². The molecular formula is C9H5N5O2. The molecular weight excluding hydrogens is 210 g/mol. The Morgan fingerprint density at radius 2 is 2.38 bits per heavy atom. The number of rotatable bonds is 2. The van der Waals surface area contributed by atoms with Crippen LogP contribution in [0.25, 0.3) is 5.82 Å². The van der Waals surface area contributed by atoms with Gasteiger partial charge in [0.15, 0.2) is 0 Å². The van der Waals surface area contributed by atoms with Gasteiger partial charge in [-0.25, -0.2) is 9.67 Å². The third-order valence-corrected chi connectivity index (χ3v) is 1.89. The monoisotopic (exact) mass is 215 g/mol. The van der Waals surface area contributed by atoms with E-state index in [1.165, 1.54) is 23.1 Å². The Kier molecular flexibility index (Phi) is 2.31. The molecule has 0 saturated heterocycles. The Morgan fingerprint density at radius 3 is 2.94 bits per heavy atom. The largest absolute Gasteiger partial charge is 0.315 e. The molecule has 0 amide bonds. The third-order valence-electron chi connectivity index (χ3n) is 1.89. The summed E-state index contributed by atoms with van der Waals surface area (Å²) in [5.41, 5.74) is -0.106. The number of hydrogen-bond acceptors (Lipinski definition) is 5. The molecule has 78 valence electrons. The second kappa shape index (κ2) is 3.78. The molecule has 2 heterocycles. The van der Waals surface area contributed by atoms with E-state index in [4.69, 9.17) is 5.26 Å². The van der Waals surface area contributed by atoms with Crippen LogP contribution in [0, 0.1) is 21.4 Å². The van der Waals surface area contributed by atoms with Gasteiger partial charge in [-0.2, -0.15) is 10.4 Å². The smallest absolute Gasteiger partial charge is 0.258 e. The van der Waals surface area contributed by atoms with Crippen molar-refractivity contribution in [3.8, 4) is 11.9 Å². The van der Waals surface area contributed by atoms with Crippen LogP contribution >= 0.6 is 0 Å². The van der Waals surface area contributed by atoms with Crippen LogP contribution in [0.15, 0.2) is 30.7 Å². The van der Waals surface area contributed by atoms with E-state index in [0.717, 1.165) is 0 Å². The van der Waals surface area contributed by atoms with E-state index in [1.54, 1.807) is 18.3 Å². The first-order valence-corrected chi connectivity index (χ1v) is 4.27. The summed E-state index contributed by atoms with van der Waals surface area (Å²) in [6.07, 6.45) is 4.30. The van der Waals surface area contributed by atoms with Gasteiger partial charge in [0.05, 0.1) is 10.5 Å². The zero-order valence-electron chi connectivity index (χ0n) is 7.94. The van der Waals surface area contributed by atoms with Gasteiger partial charge in [0.1, 0.15) is 6.07 Å². The zero-order valence-corrected chi connectivity index (χ0v) is 7.94. The molecule has 16 heavy (non-hydrogen) atoms. The van der Waals surface area contributed by atoms with Gasteiger partial charge in [-0.1, -0.05) is 0 Å². The first-order valence-electron chi connectivity index (χ1n) is 4.27. The summed E-state index contributed by atoms with van der Waals surface area (Å²) < 4.78 is 1.28. The summed E-state index contributed by atoms with van der Waals surface area (Å²) in [4.78, 5) is 14.1. The van der Waals surface area contributed by atoms with E-state index in [0.29, 0.717) is 0 Å². The van der Waals surface area contributed by atoms with Crippen molar-refractivity contribution in [2.75, 3.05) is 0 Å². The van der Waals surface area contributed by atoms with Crippen LogP contribution in [0.3, 0.4) is 0 Å². The Hall–Kier alpha value is -2.75. The van der Waals surface area contributed by atoms with Gasteiger partial charge in [0, 0.05) is 24.7 Å². The van der Waals surface area contributed by atoms with Crippen molar-refractivity contribution >= 4 is 5.69 Å². The van der Waals surface area contributed by atoms with E-state index in [-0.39, 0.29) is 17.1 Å². The van der Waals surface area contributed by atoms with Crippen molar-refractivity contribution in [2.45, 2.75) is 0 Å². The molecule has 2 rings (SSSR count). The van der Waals surface area contributed by atoms with Crippen molar-refractivity contribution in [3.05, 3.63) is 46.4 Å². The fraction of sp³-hybridized carbons (Fsp3) is 0. The van der Waals surface area contributed by atoms with Crippen LogP contribution in [0.5, 0.6) is 0 Å². The number of aromatic nitrogens is 3. The first-order chi connectivity index (χ1) is 7.72. The molecule has 0 aromatic carbocycles. The number of nitrogens with zero attached hydrogens (tertiary/aromatic N) is 5. The molecule has 0 aliphatic carbocycles. The van der Waals surface area contributed by atoms with Gasteiger partial charge in [0.25, 0.3) is 0 Å². The normalized spacial score (nSPS) is 9.69. The van der Waals surface area contributed by atoms with Crippen LogP contribution in [-0.4, -0.2) is 19.7 Å². The molecule has 0 unspecified atom stereocenters. The van der Waals surface area contributed by atoms with Gasteiger partial charge >= 0.3 is 5.69 Å². The van der Waals surface area contributed by atoms with Crippen molar-refractivity contribution in [1.82, 2.24) is 14.8 Å². The average Bonchev–Trinajstić information content (AvgIpc) is 2.81. The van der Waals surface area contributed by atoms with Gasteiger partial charge < -0.3 is 0 Å². The van der Waals surface area contributed by atoms with Crippen molar-refractivity contribution in [3.63, 3.8) is 0 Å². The third kappa shape index (κ3) is 1.59.